The third-order valence-electron chi connectivity index (χ3n) is 2.76. The number of phenolic OH excluding ortho intramolecular Hbond substituents is 1. The lowest BCUT2D eigenvalue weighted by Crippen LogP contribution is -2.11. The average molecular weight is 178 g/mol. The van der Waals surface area contributed by atoms with Crippen molar-refractivity contribution in [2.45, 2.75) is 31.8 Å². The molecule has 70 valence electrons. The van der Waals surface area contributed by atoms with Crippen molar-refractivity contribution in [1.82, 2.24) is 0 Å². The minimum absolute atomic E-state index is 0.321. The molecule has 0 unspecified atom stereocenters. The molecule has 0 amide bonds. The molecule has 0 bridgehead atoms. The average Bonchev–Trinajstić information content (AvgIpc) is 2.78. The number of rotatable bonds is 2. The van der Waals surface area contributed by atoms with E-state index in [0.717, 1.165) is 24.0 Å². The van der Waals surface area contributed by atoms with Gasteiger partial charge in [-0.1, -0.05) is 12.1 Å². The summed E-state index contributed by atoms with van der Waals surface area (Å²) in [6.07, 6.45) is 2.46. The summed E-state index contributed by atoms with van der Waals surface area (Å²) in [5.41, 5.74) is 1.47. The molecule has 1 aliphatic rings. The van der Waals surface area contributed by atoms with Gasteiger partial charge in [-0.2, -0.15) is 0 Å². The Morgan fingerprint density at radius 1 is 1.38 bits per heavy atom. The molecule has 0 aliphatic heterocycles. The van der Waals surface area contributed by atoms with Gasteiger partial charge in [0.15, 0.2) is 0 Å². The maximum atomic E-state index is 9.72. The summed E-state index contributed by atoms with van der Waals surface area (Å²) in [6.45, 7) is 1.89. The molecule has 1 aromatic rings. The van der Waals surface area contributed by atoms with Gasteiger partial charge in [-0.15, -0.1) is 0 Å². The summed E-state index contributed by atoms with van der Waals surface area (Å²) in [7, 11) is 0. The highest BCUT2D eigenvalue weighted by Gasteiger charge is 2.40. The Morgan fingerprint density at radius 3 is 2.69 bits per heavy atom. The van der Waals surface area contributed by atoms with Crippen LogP contribution in [0.3, 0.4) is 0 Å². The van der Waals surface area contributed by atoms with Crippen LogP contribution in [-0.4, -0.2) is 15.8 Å². The van der Waals surface area contributed by atoms with Crippen LogP contribution in [0.4, 0.5) is 0 Å². The normalized spacial score (nSPS) is 18.6. The second-order valence-electron chi connectivity index (χ2n) is 3.96. The molecular formula is C11H14O2. The molecular weight excluding hydrogens is 164 g/mol. The van der Waals surface area contributed by atoms with E-state index in [1.807, 2.05) is 19.1 Å². The van der Waals surface area contributed by atoms with Crippen molar-refractivity contribution >= 4 is 0 Å². The van der Waals surface area contributed by atoms with Gasteiger partial charge in [-0.05, 0) is 37.0 Å². The van der Waals surface area contributed by atoms with Crippen molar-refractivity contribution in [3.8, 4) is 5.75 Å². The van der Waals surface area contributed by atoms with Crippen molar-refractivity contribution in [2.75, 3.05) is 0 Å². The van der Waals surface area contributed by atoms with Crippen LogP contribution in [0.5, 0.6) is 5.75 Å². The van der Waals surface area contributed by atoms with Gasteiger partial charge in [0, 0.05) is 6.42 Å². The zero-order valence-corrected chi connectivity index (χ0v) is 7.75. The molecule has 1 fully saturated rings. The quantitative estimate of drug-likeness (QED) is 0.724. The first-order valence-corrected chi connectivity index (χ1v) is 4.61. The number of hydrogen-bond acceptors (Lipinski definition) is 2. The molecule has 0 spiro atoms. The maximum absolute atomic E-state index is 9.72. The number of benzene rings is 1. The van der Waals surface area contributed by atoms with Crippen LogP contribution in [0.15, 0.2) is 18.2 Å². The first kappa shape index (κ1) is 8.57. The Kier molecular flexibility index (Phi) is 1.81. The SMILES string of the molecule is Cc1c(O)cccc1CC1(O)CC1. The molecule has 0 radical (unpaired) electrons. The summed E-state index contributed by atoms with van der Waals surface area (Å²) in [4.78, 5) is 0. The van der Waals surface area contributed by atoms with E-state index in [2.05, 4.69) is 0 Å². The predicted molar refractivity (Wildman–Crippen MR) is 50.7 cm³/mol. The van der Waals surface area contributed by atoms with Crippen LogP contribution in [0, 0.1) is 6.92 Å². The molecule has 1 aromatic carbocycles. The van der Waals surface area contributed by atoms with Gasteiger partial charge in [0.05, 0.1) is 5.60 Å². The number of phenols is 1. The third-order valence-corrected chi connectivity index (χ3v) is 2.76. The fraction of sp³-hybridized carbons (Fsp3) is 0.455. The van der Waals surface area contributed by atoms with Crippen molar-refractivity contribution in [3.63, 3.8) is 0 Å². The molecule has 0 saturated heterocycles. The Bertz CT molecular complexity index is 327. The molecule has 2 heteroatoms. The maximum Gasteiger partial charge on any atom is 0.118 e. The predicted octanol–water partition coefficient (Wildman–Crippen LogP) is 1.77. The van der Waals surface area contributed by atoms with Gasteiger partial charge < -0.3 is 10.2 Å². The van der Waals surface area contributed by atoms with Crippen LogP contribution in [0.1, 0.15) is 24.0 Å². The van der Waals surface area contributed by atoms with Gasteiger partial charge >= 0.3 is 0 Å². The van der Waals surface area contributed by atoms with Crippen LogP contribution >= 0.6 is 0 Å². The Balaban J connectivity index is 2.25. The molecule has 2 N–H and O–H groups in total. The second kappa shape index (κ2) is 2.74. The fourth-order valence-electron chi connectivity index (χ4n) is 1.54. The van der Waals surface area contributed by atoms with Crippen LogP contribution in [0.2, 0.25) is 0 Å². The van der Waals surface area contributed by atoms with E-state index in [4.69, 9.17) is 0 Å². The first-order chi connectivity index (χ1) is 6.11. The van der Waals surface area contributed by atoms with E-state index >= 15 is 0 Å². The zero-order chi connectivity index (χ0) is 9.47. The summed E-state index contributed by atoms with van der Waals surface area (Å²) >= 11 is 0. The van der Waals surface area contributed by atoms with Gasteiger partial charge in [0.1, 0.15) is 5.75 Å². The highest BCUT2D eigenvalue weighted by Crippen LogP contribution is 2.39. The molecule has 0 atom stereocenters. The lowest BCUT2D eigenvalue weighted by Gasteiger charge is -2.10. The highest BCUT2D eigenvalue weighted by molar-refractivity contribution is 5.39. The number of aromatic hydroxyl groups is 1. The smallest absolute Gasteiger partial charge is 0.118 e. The minimum atomic E-state index is -0.474. The summed E-state index contributed by atoms with van der Waals surface area (Å²) in [6, 6.07) is 5.46. The number of hydrogen-bond donors (Lipinski definition) is 2. The monoisotopic (exact) mass is 178 g/mol. The molecule has 13 heavy (non-hydrogen) atoms. The molecule has 0 heterocycles. The van der Waals surface area contributed by atoms with Crippen molar-refractivity contribution in [3.05, 3.63) is 29.3 Å². The van der Waals surface area contributed by atoms with Gasteiger partial charge in [-0.25, -0.2) is 0 Å². The topological polar surface area (TPSA) is 40.5 Å². The van der Waals surface area contributed by atoms with Gasteiger partial charge in [-0.3, -0.25) is 0 Å². The summed E-state index contributed by atoms with van der Waals surface area (Å²) in [5.74, 6) is 0.321. The second-order valence-corrected chi connectivity index (χ2v) is 3.96. The lowest BCUT2D eigenvalue weighted by molar-refractivity contribution is 0.150. The Morgan fingerprint density at radius 2 is 2.08 bits per heavy atom. The summed E-state index contributed by atoms with van der Waals surface area (Å²) < 4.78 is 0. The standard InChI is InChI=1S/C11H14O2/c1-8-9(3-2-4-10(8)12)7-11(13)5-6-11/h2-4,12-13H,5-7H2,1H3. The van der Waals surface area contributed by atoms with Gasteiger partial charge in [0.2, 0.25) is 0 Å². The highest BCUT2D eigenvalue weighted by atomic mass is 16.3. The van der Waals surface area contributed by atoms with E-state index in [0.29, 0.717) is 12.2 Å². The van der Waals surface area contributed by atoms with Gasteiger partial charge in [0.25, 0.3) is 0 Å². The lowest BCUT2D eigenvalue weighted by atomic mass is 10.0. The van der Waals surface area contributed by atoms with E-state index in [1.165, 1.54) is 0 Å². The first-order valence-electron chi connectivity index (χ1n) is 4.61. The number of aliphatic hydroxyl groups is 1. The Hall–Kier alpha value is -1.02. The van der Waals surface area contributed by atoms with Crippen molar-refractivity contribution in [1.29, 1.82) is 0 Å². The largest absolute Gasteiger partial charge is 0.508 e. The van der Waals surface area contributed by atoms with Crippen molar-refractivity contribution < 1.29 is 10.2 Å². The molecule has 1 saturated carbocycles. The van der Waals surface area contributed by atoms with Crippen LogP contribution in [-0.2, 0) is 6.42 Å². The molecule has 1 aliphatic carbocycles. The third kappa shape index (κ3) is 1.68. The minimum Gasteiger partial charge on any atom is -0.508 e. The van der Waals surface area contributed by atoms with Crippen molar-refractivity contribution in [2.24, 2.45) is 0 Å². The van der Waals surface area contributed by atoms with E-state index < -0.39 is 5.60 Å². The van der Waals surface area contributed by atoms with E-state index in [-0.39, 0.29) is 0 Å². The van der Waals surface area contributed by atoms with Crippen LogP contribution < -0.4 is 0 Å². The van der Waals surface area contributed by atoms with E-state index in [9.17, 15) is 10.2 Å². The molecule has 2 nitrogen and oxygen atoms in total. The fourth-order valence-corrected chi connectivity index (χ4v) is 1.54. The zero-order valence-electron chi connectivity index (χ0n) is 7.75. The van der Waals surface area contributed by atoms with E-state index in [1.54, 1.807) is 6.07 Å². The summed E-state index contributed by atoms with van der Waals surface area (Å²) in [5, 5.41) is 19.2. The molecule has 2 rings (SSSR count). The Labute approximate surface area is 77.8 Å². The van der Waals surface area contributed by atoms with Crippen LogP contribution in [0.25, 0.3) is 0 Å². The molecule has 0 aromatic heterocycles.